The van der Waals surface area contributed by atoms with E-state index in [2.05, 4.69) is 83.8 Å². The molecular formula is C36H22N4. The molecule has 5 aromatic carbocycles. The SMILES string of the molecule is c1cc(-c2ccc3ccc4cccnc4c3c2)cc(-c2nc(-c3ccc4ccccc4n3)c3ccccc3n2)c1. The number of aromatic nitrogens is 4. The van der Waals surface area contributed by atoms with E-state index in [1.165, 1.54) is 5.39 Å². The van der Waals surface area contributed by atoms with Crippen LogP contribution in [0.1, 0.15) is 0 Å². The van der Waals surface area contributed by atoms with Gasteiger partial charge in [-0.1, -0.05) is 91.0 Å². The van der Waals surface area contributed by atoms with Gasteiger partial charge in [0.25, 0.3) is 0 Å². The predicted molar refractivity (Wildman–Crippen MR) is 164 cm³/mol. The van der Waals surface area contributed by atoms with Crippen LogP contribution in [0.15, 0.2) is 134 Å². The molecule has 0 saturated heterocycles. The summed E-state index contributed by atoms with van der Waals surface area (Å²) in [4.78, 5) is 19.7. The summed E-state index contributed by atoms with van der Waals surface area (Å²) < 4.78 is 0. The Morgan fingerprint density at radius 1 is 0.425 bits per heavy atom. The monoisotopic (exact) mass is 510 g/mol. The van der Waals surface area contributed by atoms with Gasteiger partial charge in [0.05, 0.1) is 22.2 Å². The maximum Gasteiger partial charge on any atom is 0.160 e. The fourth-order valence-electron chi connectivity index (χ4n) is 5.48. The third kappa shape index (κ3) is 3.77. The molecule has 0 aliphatic carbocycles. The van der Waals surface area contributed by atoms with Crippen LogP contribution in [-0.4, -0.2) is 19.9 Å². The van der Waals surface area contributed by atoms with Crippen molar-refractivity contribution in [1.29, 1.82) is 0 Å². The number of nitrogens with zero attached hydrogens (tertiary/aromatic N) is 4. The van der Waals surface area contributed by atoms with E-state index in [4.69, 9.17) is 15.0 Å². The first-order valence-corrected chi connectivity index (χ1v) is 13.3. The Morgan fingerprint density at radius 3 is 2.15 bits per heavy atom. The first-order valence-electron chi connectivity index (χ1n) is 13.3. The minimum atomic E-state index is 0.679. The number of benzene rings is 5. The van der Waals surface area contributed by atoms with Crippen molar-refractivity contribution in [1.82, 2.24) is 19.9 Å². The van der Waals surface area contributed by atoms with E-state index in [1.54, 1.807) is 0 Å². The predicted octanol–water partition coefficient (Wildman–Crippen LogP) is 8.88. The van der Waals surface area contributed by atoms with Crippen molar-refractivity contribution in [3.8, 4) is 33.9 Å². The van der Waals surface area contributed by atoms with Crippen LogP contribution in [0.2, 0.25) is 0 Å². The van der Waals surface area contributed by atoms with Crippen molar-refractivity contribution in [3.05, 3.63) is 134 Å². The van der Waals surface area contributed by atoms with Crippen LogP contribution in [0.4, 0.5) is 0 Å². The molecule has 0 saturated carbocycles. The van der Waals surface area contributed by atoms with Gasteiger partial charge in [0.2, 0.25) is 0 Å². The minimum absolute atomic E-state index is 0.679. The van der Waals surface area contributed by atoms with Gasteiger partial charge in [0.1, 0.15) is 5.69 Å². The standard InChI is InChI=1S/C36H22N4/c1-3-12-31-24(7-1)18-19-33(38-31)35-29-11-2-4-13-32(29)39-36(40-35)28-9-5-8-26(21-28)27-17-15-23-14-16-25-10-6-20-37-34(25)30(23)22-27/h1-22H. The second kappa shape index (κ2) is 9.07. The van der Waals surface area contributed by atoms with Crippen LogP contribution in [0.3, 0.4) is 0 Å². The lowest BCUT2D eigenvalue weighted by molar-refractivity contribution is 1.21. The van der Waals surface area contributed by atoms with Crippen LogP contribution < -0.4 is 0 Å². The highest BCUT2D eigenvalue weighted by Gasteiger charge is 2.14. The Bertz CT molecular complexity index is 2240. The summed E-state index contributed by atoms with van der Waals surface area (Å²) in [6, 6.07) is 43.8. The zero-order chi connectivity index (χ0) is 26.5. The molecule has 8 rings (SSSR count). The van der Waals surface area contributed by atoms with Gasteiger partial charge in [-0.15, -0.1) is 0 Å². The van der Waals surface area contributed by atoms with E-state index >= 15 is 0 Å². The highest BCUT2D eigenvalue weighted by Crippen LogP contribution is 2.33. The van der Waals surface area contributed by atoms with Crippen LogP contribution in [0.25, 0.3) is 77.4 Å². The van der Waals surface area contributed by atoms with Crippen molar-refractivity contribution in [2.75, 3.05) is 0 Å². The van der Waals surface area contributed by atoms with Crippen molar-refractivity contribution in [2.24, 2.45) is 0 Å². The molecule has 0 radical (unpaired) electrons. The van der Waals surface area contributed by atoms with Gasteiger partial charge in [-0.05, 0) is 52.9 Å². The molecule has 0 N–H and O–H groups in total. The molecule has 3 heterocycles. The van der Waals surface area contributed by atoms with Crippen molar-refractivity contribution in [3.63, 3.8) is 0 Å². The zero-order valence-electron chi connectivity index (χ0n) is 21.5. The molecule has 4 nitrogen and oxygen atoms in total. The van der Waals surface area contributed by atoms with Gasteiger partial charge >= 0.3 is 0 Å². The number of rotatable bonds is 3. The summed E-state index contributed by atoms with van der Waals surface area (Å²) >= 11 is 0. The number of para-hydroxylation sites is 2. The van der Waals surface area contributed by atoms with Crippen molar-refractivity contribution in [2.45, 2.75) is 0 Å². The van der Waals surface area contributed by atoms with E-state index in [9.17, 15) is 0 Å². The zero-order valence-corrected chi connectivity index (χ0v) is 21.5. The van der Waals surface area contributed by atoms with Gasteiger partial charge in [-0.25, -0.2) is 15.0 Å². The number of hydrogen-bond donors (Lipinski definition) is 0. The highest BCUT2D eigenvalue weighted by atomic mass is 14.9. The third-order valence-electron chi connectivity index (χ3n) is 7.49. The average Bonchev–Trinajstić information content (AvgIpc) is 3.03. The molecule has 8 aromatic rings. The van der Waals surface area contributed by atoms with E-state index in [0.29, 0.717) is 5.82 Å². The second-order valence-electron chi connectivity index (χ2n) is 9.96. The maximum absolute atomic E-state index is 5.09. The summed E-state index contributed by atoms with van der Waals surface area (Å²) in [5.74, 6) is 0.679. The lowest BCUT2D eigenvalue weighted by Crippen LogP contribution is -1.97. The van der Waals surface area contributed by atoms with Crippen molar-refractivity contribution < 1.29 is 0 Å². The summed E-state index contributed by atoms with van der Waals surface area (Å²) in [5.41, 5.74) is 7.73. The van der Waals surface area contributed by atoms with E-state index in [1.807, 2.05) is 54.7 Å². The Morgan fingerprint density at radius 2 is 1.18 bits per heavy atom. The molecule has 186 valence electrons. The number of pyridine rings is 2. The van der Waals surface area contributed by atoms with Crippen LogP contribution >= 0.6 is 0 Å². The van der Waals surface area contributed by atoms with Gasteiger partial charge in [0.15, 0.2) is 5.82 Å². The van der Waals surface area contributed by atoms with Crippen LogP contribution in [-0.2, 0) is 0 Å². The molecule has 0 unspecified atom stereocenters. The normalized spacial score (nSPS) is 11.5. The number of hydrogen-bond acceptors (Lipinski definition) is 4. The quantitative estimate of drug-likeness (QED) is 0.223. The smallest absolute Gasteiger partial charge is 0.160 e. The van der Waals surface area contributed by atoms with Gasteiger partial charge in [-0.2, -0.15) is 0 Å². The first-order chi connectivity index (χ1) is 19.8. The highest BCUT2D eigenvalue weighted by molar-refractivity contribution is 6.06. The number of fused-ring (bicyclic) bond motifs is 5. The lowest BCUT2D eigenvalue weighted by Gasteiger charge is -2.11. The van der Waals surface area contributed by atoms with Gasteiger partial charge in [0, 0.05) is 33.3 Å². The molecule has 0 atom stereocenters. The van der Waals surface area contributed by atoms with E-state index in [-0.39, 0.29) is 0 Å². The molecule has 0 aliphatic rings. The molecule has 0 amide bonds. The molecule has 4 heteroatoms. The minimum Gasteiger partial charge on any atom is -0.256 e. The van der Waals surface area contributed by atoms with Crippen molar-refractivity contribution >= 4 is 43.5 Å². The molecule has 40 heavy (non-hydrogen) atoms. The molecule has 0 fully saturated rings. The molecule has 0 spiro atoms. The summed E-state index contributed by atoms with van der Waals surface area (Å²) in [6.07, 6.45) is 1.86. The Hall–Kier alpha value is -5.48. The summed E-state index contributed by atoms with van der Waals surface area (Å²) in [5, 5.41) is 5.56. The Labute approximate surface area is 230 Å². The molecular weight excluding hydrogens is 488 g/mol. The maximum atomic E-state index is 5.09. The first kappa shape index (κ1) is 22.5. The van der Waals surface area contributed by atoms with Gasteiger partial charge in [-0.3, -0.25) is 4.98 Å². The van der Waals surface area contributed by atoms with Crippen LogP contribution in [0.5, 0.6) is 0 Å². The van der Waals surface area contributed by atoms with E-state index < -0.39 is 0 Å². The third-order valence-corrected chi connectivity index (χ3v) is 7.49. The molecule has 0 bridgehead atoms. The fourth-order valence-corrected chi connectivity index (χ4v) is 5.48. The second-order valence-corrected chi connectivity index (χ2v) is 9.96. The summed E-state index contributed by atoms with van der Waals surface area (Å²) in [6.45, 7) is 0. The largest absolute Gasteiger partial charge is 0.256 e. The Balaban J connectivity index is 1.28. The van der Waals surface area contributed by atoms with E-state index in [0.717, 1.165) is 66.2 Å². The lowest BCUT2D eigenvalue weighted by atomic mass is 9.98. The fraction of sp³-hybridized carbons (Fsp3) is 0. The van der Waals surface area contributed by atoms with Gasteiger partial charge < -0.3 is 0 Å². The van der Waals surface area contributed by atoms with Crippen LogP contribution in [0, 0.1) is 0 Å². The molecule has 0 aliphatic heterocycles. The molecule has 3 aromatic heterocycles. The topological polar surface area (TPSA) is 51.6 Å². The Kier molecular flexibility index (Phi) is 5.10. The summed E-state index contributed by atoms with van der Waals surface area (Å²) in [7, 11) is 0. The average molecular weight is 511 g/mol.